The standard InChI is InChI=1S/C20H17F3N4O2/c1-12-9-14(7-8-24-12)17-10-25-27-13(2)11-26(19(28)18(17)27)15-3-5-16(6-4-15)29-20(21,22)23/h3-10,13H,11H2,1-2H3/t13-/m0/s1. The number of carbonyl (C=O) groups excluding carboxylic acids is 1. The zero-order valence-corrected chi connectivity index (χ0v) is 15.6. The van der Waals surface area contributed by atoms with Gasteiger partial charge in [-0.05, 0) is 55.8 Å². The molecule has 1 amide bonds. The predicted octanol–water partition coefficient (Wildman–Crippen LogP) is 4.37. The number of amides is 1. The van der Waals surface area contributed by atoms with Gasteiger partial charge in [0.2, 0.25) is 0 Å². The highest BCUT2D eigenvalue weighted by atomic mass is 19.4. The third-order valence-corrected chi connectivity index (χ3v) is 4.70. The second-order valence-corrected chi connectivity index (χ2v) is 6.84. The van der Waals surface area contributed by atoms with Gasteiger partial charge < -0.3 is 9.64 Å². The van der Waals surface area contributed by atoms with E-state index in [9.17, 15) is 18.0 Å². The maximum atomic E-state index is 13.3. The molecular weight excluding hydrogens is 385 g/mol. The Hall–Kier alpha value is -3.36. The molecule has 4 rings (SSSR count). The van der Waals surface area contributed by atoms with Gasteiger partial charge >= 0.3 is 6.36 Å². The number of benzene rings is 1. The van der Waals surface area contributed by atoms with Crippen LogP contribution in [0.25, 0.3) is 11.1 Å². The van der Waals surface area contributed by atoms with Crippen molar-refractivity contribution in [2.24, 2.45) is 0 Å². The lowest BCUT2D eigenvalue weighted by Gasteiger charge is -2.32. The highest BCUT2D eigenvalue weighted by molar-refractivity contribution is 6.09. The van der Waals surface area contributed by atoms with Crippen LogP contribution in [0.1, 0.15) is 29.1 Å². The van der Waals surface area contributed by atoms with E-state index < -0.39 is 6.36 Å². The van der Waals surface area contributed by atoms with Crippen LogP contribution < -0.4 is 9.64 Å². The molecule has 1 aromatic carbocycles. The zero-order valence-electron chi connectivity index (χ0n) is 15.6. The molecule has 2 aromatic heterocycles. The van der Waals surface area contributed by atoms with Gasteiger partial charge in [-0.1, -0.05) is 0 Å². The summed E-state index contributed by atoms with van der Waals surface area (Å²) in [5.41, 5.74) is 3.26. The number of aryl methyl sites for hydroxylation is 1. The third kappa shape index (κ3) is 3.67. The maximum Gasteiger partial charge on any atom is 0.573 e. The van der Waals surface area contributed by atoms with Crippen LogP contribution in [0.15, 0.2) is 48.8 Å². The fraction of sp³-hybridized carbons (Fsp3) is 0.250. The molecule has 0 saturated heterocycles. The molecule has 0 spiro atoms. The Labute approximate surface area is 164 Å². The molecule has 0 radical (unpaired) electrons. The molecule has 0 saturated carbocycles. The topological polar surface area (TPSA) is 60.2 Å². The monoisotopic (exact) mass is 402 g/mol. The van der Waals surface area contributed by atoms with Crippen LogP contribution in [-0.2, 0) is 0 Å². The first kappa shape index (κ1) is 19.0. The van der Waals surface area contributed by atoms with E-state index in [0.717, 1.165) is 11.3 Å². The van der Waals surface area contributed by atoms with Crippen LogP contribution in [-0.4, -0.2) is 33.6 Å². The van der Waals surface area contributed by atoms with Crippen LogP contribution in [0.3, 0.4) is 0 Å². The van der Waals surface area contributed by atoms with Gasteiger partial charge in [0.25, 0.3) is 5.91 Å². The second-order valence-electron chi connectivity index (χ2n) is 6.84. The molecule has 1 atom stereocenters. The number of fused-ring (bicyclic) bond motifs is 1. The van der Waals surface area contributed by atoms with Gasteiger partial charge in [0.15, 0.2) is 0 Å². The highest BCUT2D eigenvalue weighted by Crippen LogP contribution is 2.33. The molecule has 9 heteroatoms. The molecular formula is C20H17F3N4O2. The summed E-state index contributed by atoms with van der Waals surface area (Å²) >= 11 is 0. The number of alkyl halides is 3. The van der Waals surface area contributed by atoms with Crippen molar-refractivity contribution in [1.29, 1.82) is 0 Å². The van der Waals surface area contributed by atoms with Gasteiger partial charge in [-0.2, -0.15) is 5.10 Å². The van der Waals surface area contributed by atoms with Crippen LogP contribution in [0, 0.1) is 6.92 Å². The Kier molecular flexibility index (Phi) is 4.52. The molecule has 0 unspecified atom stereocenters. The van der Waals surface area contributed by atoms with Crippen molar-refractivity contribution in [2.45, 2.75) is 26.3 Å². The molecule has 1 aliphatic heterocycles. The number of ether oxygens (including phenoxy) is 1. The minimum atomic E-state index is -4.76. The molecule has 3 heterocycles. The summed E-state index contributed by atoms with van der Waals surface area (Å²) in [5, 5.41) is 4.38. The molecule has 6 nitrogen and oxygen atoms in total. The quantitative estimate of drug-likeness (QED) is 0.653. The summed E-state index contributed by atoms with van der Waals surface area (Å²) in [6.07, 6.45) is -1.44. The fourth-order valence-electron chi connectivity index (χ4n) is 3.44. The Balaban J connectivity index is 1.69. The highest BCUT2D eigenvalue weighted by Gasteiger charge is 2.34. The van der Waals surface area contributed by atoms with Crippen molar-refractivity contribution >= 4 is 11.6 Å². The number of hydrogen-bond donors (Lipinski definition) is 0. The van der Waals surface area contributed by atoms with E-state index >= 15 is 0 Å². The zero-order chi connectivity index (χ0) is 20.8. The number of halogens is 3. The normalized spacial score (nSPS) is 16.7. The number of aromatic nitrogens is 3. The van der Waals surface area contributed by atoms with Gasteiger partial charge in [0.1, 0.15) is 11.4 Å². The Morgan fingerprint density at radius 2 is 1.90 bits per heavy atom. The van der Waals surface area contributed by atoms with Crippen molar-refractivity contribution in [3.63, 3.8) is 0 Å². The lowest BCUT2D eigenvalue weighted by molar-refractivity contribution is -0.274. The van der Waals surface area contributed by atoms with E-state index in [4.69, 9.17) is 0 Å². The smallest absolute Gasteiger partial charge is 0.406 e. The summed E-state index contributed by atoms with van der Waals surface area (Å²) in [5.74, 6) is -0.605. The number of carbonyl (C=O) groups is 1. The summed E-state index contributed by atoms with van der Waals surface area (Å²) in [6.45, 7) is 4.14. The van der Waals surface area contributed by atoms with Gasteiger partial charge in [0, 0.05) is 29.7 Å². The lowest BCUT2D eigenvalue weighted by atomic mass is 10.0. The number of nitrogens with zero attached hydrogens (tertiary/aromatic N) is 4. The van der Waals surface area contributed by atoms with Crippen LogP contribution in [0.4, 0.5) is 18.9 Å². The van der Waals surface area contributed by atoms with Crippen molar-refractivity contribution in [1.82, 2.24) is 14.8 Å². The van der Waals surface area contributed by atoms with E-state index in [2.05, 4.69) is 14.8 Å². The van der Waals surface area contributed by atoms with Crippen LogP contribution in [0.2, 0.25) is 0 Å². The summed E-state index contributed by atoms with van der Waals surface area (Å²) in [6, 6.07) is 8.84. The fourth-order valence-corrected chi connectivity index (χ4v) is 3.44. The average molecular weight is 402 g/mol. The van der Waals surface area contributed by atoms with E-state index in [1.165, 1.54) is 29.2 Å². The number of anilines is 1. The summed E-state index contributed by atoms with van der Waals surface area (Å²) in [4.78, 5) is 19.0. The SMILES string of the molecule is Cc1cc(-c2cnn3c2C(=O)N(c2ccc(OC(F)(F)F)cc2)C[C@@H]3C)ccn1. The van der Waals surface area contributed by atoms with E-state index in [1.54, 1.807) is 17.1 Å². The number of rotatable bonds is 3. The molecule has 0 N–H and O–H groups in total. The van der Waals surface area contributed by atoms with Crippen molar-refractivity contribution in [3.8, 4) is 16.9 Å². The summed E-state index contributed by atoms with van der Waals surface area (Å²) < 4.78 is 42.7. The molecule has 150 valence electrons. The van der Waals surface area contributed by atoms with Crippen molar-refractivity contribution in [2.75, 3.05) is 11.4 Å². The van der Waals surface area contributed by atoms with E-state index in [-0.39, 0.29) is 17.7 Å². The largest absolute Gasteiger partial charge is 0.573 e. The number of hydrogen-bond acceptors (Lipinski definition) is 4. The minimum Gasteiger partial charge on any atom is -0.406 e. The van der Waals surface area contributed by atoms with Gasteiger partial charge in [-0.15, -0.1) is 13.2 Å². The van der Waals surface area contributed by atoms with Gasteiger partial charge in [-0.25, -0.2) is 0 Å². The molecule has 0 fully saturated rings. The van der Waals surface area contributed by atoms with Crippen LogP contribution in [0.5, 0.6) is 5.75 Å². The van der Waals surface area contributed by atoms with Crippen molar-refractivity contribution in [3.05, 3.63) is 60.2 Å². The molecule has 1 aliphatic rings. The van der Waals surface area contributed by atoms with Gasteiger partial charge in [0.05, 0.1) is 12.2 Å². The average Bonchev–Trinajstić information content (AvgIpc) is 3.10. The van der Waals surface area contributed by atoms with E-state index in [0.29, 0.717) is 23.5 Å². The summed E-state index contributed by atoms with van der Waals surface area (Å²) in [7, 11) is 0. The lowest BCUT2D eigenvalue weighted by Crippen LogP contribution is -2.42. The number of pyridine rings is 1. The van der Waals surface area contributed by atoms with Crippen LogP contribution >= 0.6 is 0 Å². The van der Waals surface area contributed by atoms with E-state index in [1.807, 2.05) is 26.0 Å². The molecule has 29 heavy (non-hydrogen) atoms. The Morgan fingerprint density at radius 1 is 1.17 bits per heavy atom. The predicted molar refractivity (Wildman–Crippen MR) is 99.7 cm³/mol. The second kappa shape index (κ2) is 6.91. The van der Waals surface area contributed by atoms with Crippen molar-refractivity contribution < 1.29 is 22.7 Å². The Bertz CT molecular complexity index is 1060. The minimum absolute atomic E-state index is 0.106. The molecule has 0 aliphatic carbocycles. The third-order valence-electron chi connectivity index (χ3n) is 4.70. The molecule has 0 bridgehead atoms. The first-order chi connectivity index (χ1) is 13.7. The Morgan fingerprint density at radius 3 is 2.55 bits per heavy atom. The molecule has 3 aromatic rings. The maximum absolute atomic E-state index is 13.3. The first-order valence-corrected chi connectivity index (χ1v) is 8.91. The van der Waals surface area contributed by atoms with Gasteiger partial charge in [-0.3, -0.25) is 14.5 Å². The first-order valence-electron chi connectivity index (χ1n) is 8.91.